The zero-order chi connectivity index (χ0) is 46.4. The van der Waals surface area contributed by atoms with Crippen molar-refractivity contribution in [2.24, 2.45) is 19.9 Å². The number of nitrogens with zero attached hydrogens (tertiary/aromatic N) is 10. The van der Waals surface area contributed by atoms with Crippen LogP contribution in [0.5, 0.6) is 0 Å². The normalized spacial score (nSPS) is 12.9. The summed E-state index contributed by atoms with van der Waals surface area (Å²) in [5, 5.41) is 18.3. The molecule has 9 aromatic rings. The average molecular weight is 915 g/mol. The molecule has 15 nitrogen and oxygen atoms in total. The Morgan fingerprint density at radius 3 is 1.74 bits per heavy atom. The lowest BCUT2D eigenvalue weighted by molar-refractivity contribution is -0.109. The van der Waals surface area contributed by atoms with E-state index in [0.717, 1.165) is 27.4 Å². The van der Waals surface area contributed by atoms with Crippen molar-refractivity contribution in [2.45, 2.75) is 26.2 Å². The maximum Gasteiger partial charge on any atom is 0.273 e. The minimum atomic E-state index is -0.708. The largest absolute Gasteiger partial charge is 0.328 e. The van der Waals surface area contributed by atoms with Crippen LogP contribution in [-0.4, -0.2) is 67.2 Å². The van der Waals surface area contributed by atoms with Gasteiger partial charge in [-0.2, -0.15) is 10.2 Å². The summed E-state index contributed by atoms with van der Waals surface area (Å²) in [7, 11) is 3.59. The minimum absolute atomic E-state index is 0.145. The summed E-state index contributed by atoms with van der Waals surface area (Å²) in [6, 6.07) is 23.0. The predicted molar refractivity (Wildman–Crippen MR) is 235 cm³/mol. The fourth-order valence-electron chi connectivity index (χ4n) is 8.22. The number of fused-ring (bicyclic) bond motifs is 6. The summed E-state index contributed by atoms with van der Waals surface area (Å²) in [5.74, 6) is 0.899. The number of hydrazine groups is 1. The minimum Gasteiger partial charge on any atom is -0.328 e. The second-order valence-electron chi connectivity index (χ2n) is 15.4. The maximum absolute atomic E-state index is 15.1. The van der Waals surface area contributed by atoms with Crippen molar-refractivity contribution in [3.8, 4) is 22.3 Å². The number of rotatable bonds is 7. The van der Waals surface area contributed by atoms with E-state index in [9.17, 15) is 18.4 Å². The van der Waals surface area contributed by atoms with Gasteiger partial charge >= 0.3 is 0 Å². The number of benzene rings is 4. The molecule has 0 spiro atoms. The number of amides is 3. The summed E-state index contributed by atoms with van der Waals surface area (Å²) in [6.07, 6.45) is 5.50. The van der Waals surface area contributed by atoms with Gasteiger partial charge in [0.05, 0.1) is 24.1 Å². The summed E-state index contributed by atoms with van der Waals surface area (Å²) < 4.78 is 65.0. The van der Waals surface area contributed by atoms with Gasteiger partial charge in [0.2, 0.25) is 6.41 Å². The third-order valence-electron chi connectivity index (χ3n) is 11.2. The number of hydrogen-bond donors (Lipinski definition) is 2. The molecular formula is C46H35ClF4N12O3. The van der Waals surface area contributed by atoms with Crippen molar-refractivity contribution in [1.82, 2.24) is 54.4 Å². The van der Waals surface area contributed by atoms with Gasteiger partial charge in [-0.1, -0.05) is 48.0 Å². The lowest BCUT2D eigenvalue weighted by Gasteiger charge is -2.17. The first-order chi connectivity index (χ1) is 31.8. The standard InChI is InChI=1S/C23H16F2N6O.C22H15ClF2N4O.CH4N2O/c1-29-10-16-15(3-2-4-20(16)28-29)14-7-18(24)17(19(25)8-14)11-30-9-13-5-6-21-27-26-12-31(21)22(13)23(30)32;1-28-10-15-14(3-2-4-19(15)27-28)13-7-17(24)16(18(25)8-13)11-29-9-12-5-6-20(23)26-21(12)22(29)30;2-3-1-4/h2-8,10,12H,9,11H2,1H3;2-8,10H,9,11H2,1H3;1H,2H2,(H,3,4). The van der Waals surface area contributed by atoms with Gasteiger partial charge < -0.3 is 9.80 Å². The highest BCUT2D eigenvalue weighted by Crippen LogP contribution is 2.34. The van der Waals surface area contributed by atoms with Crippen LogP contribution in [0.2, 0.25) is 5.15 Å². The molecule has 0 bridgehead atoms. The van der Waals surface area contributed by atoms with Crippen molar-refractivity contribution in [3.63, 3.8) is 0 Å². The molecule has 0 unspecified atom stereocenters. The molecule has 332 valence electrons. The molecule has 2 aliphatic heterocycles. The van der Waals surface area contributed by atoms with Gasteiger partial charge in [0.25, 0.3) is 11.8 Å². The smallest absolute Gasteiger partial charge is 0.273 e. The van der Waals surface area contributed by atoms with Gasteiger partial charge in [0.1, 0.15) is 46.1 Å². The average Bonchev–Trinajstić information content (AvgIpc) is 4.13. The van der Waals surface area contributed by atoms with Gasteiger partial charge in [-0.05, 0) is 70.8 Å². The second-order valence-corrected chi connectivity index (χ2v) is 15.8. The van der Waals surface area contributed by atoms with Crippen LogP contribution in [0.3, 0.4) is 0 Å². The van der Waals surface area contributed by atoms with Crippen LogP contribution in [0.15, 0.2) is 104 Å². The van der Waals surface area contributed by atoms with Gasteiger partial charge in [0, 0.05) is 72.6 Å². The Balaban J connectivity index is 0.000000154. The lowest BCUT2D eigenvalue weighted by Crippen LogP contribution is -2.25. The molecule has 3 amide bonds. The van der Waals surface area contributed by atoms with Crippen LogP contribution in [0.4, 0.5) is 17.6 Å². The van der Waals surface area contributed by atoms with E-state index in [1.165, 1.54) is 40.4 Å². The van der Waals surface area contributed by atoms with Crippen LogP contribution in [0, 0.1) is 23.3 Å². The molecule has 66 heavy (non-hydrogen) atoms. The van der Waals surface area contributed by atoms with Gasteiger partial charge in [-0.25, -0.2) is 28.4 Å². The number of nitrogens with two attached hydrogens (primary N) is 1. The quantitative estimate of drug-likeness (QED) is 0.0424. The van der Waals surface area contributed by atoms with Crippen molar-refractivity contribution in [1.29, 1.82) is 0 Å². The Hall–Kier alpha value is -8.03. The molecule has 7 heterocycles. The molecule has 0 saturated heterocycles. The number of hydrogen-bond acceptors (Lipinski definition) is 9. The molecule has 0 atom stereocenters. The van der Waals surface area contributed by atoms with Gasteiger partial charge in [0.15, 0.2) is 5.65 Å². The number of carbonyl (C=O) groups excluding carboxylic acids is 3. The number of aromatic nitrogens is 8. The monoisotopic (exact) mass is 914 g/mol. The van der Waals surface area contributed by atoms with E-state index in [2.05, 4.69) is 31.2 Å². The van der Waals surface area contributed by atoms with Crippen LogP contribution >= 0.6 is 11.6 Å². The van der Waals surface area contributed by atoms with E-state index in [-0.39, 0.29) is 54.1 Å². The Labute approximate surface area is 376 Å². The zero-order valence-electron chi connectivity index (χ0n) is 34.9. The summed E-state index contributed by atoms with van der Waals surface area (Å²) in [5.41, 5.74) is 7.80. The first-order valence-corrected chi connectivity index (χ1v) is 20.5. The topological polar surface area (TPSA) is 174 Å². The number of halogens is 5. The maximum atomic E-state index is 15.1. The Morgan fingerprint density at radius 2 is 1.21 bits per heavy atom. The van der Waals surface area contributed by atoms with Crippen LogP contribution in [0.1, 0.15) is 43.2 Å². The molecule has 3 N–H and O–H groups in total. The van der Waals surface area contributed by atoms with E-state index in [1.54, 1.807) is 75.8 Å². The van der Waals surface area contributed by atoms with Gasteiger partial charge in [-0.3, -0.25) is 33.6 Å². The fourth-order valence-corrected chi connectivity index (χ4v) is 8.37. The molecule has 0 aliphatic carbocycles. The van der Waals surface area contributed by atoms with E-state index in [4.69, 9.17) is 16.4 Å². The van der Waals surface area contributed by atoms with Crippen molar-refractivity contribution in [3.05, 3.63) is 166 Å². The number of nitrogens with one attached hydrogen (secondary N) is 1. The third kappa shape index (κ3) is 8.05. The van der Waals surface area contributed by atoms with Crippen LogP contribution in [-0.2, 0) is 45.1 Å². The molecular weight excluding hydrogens is 880 g/mol. The Morgan fingerprint density at radius 1 is 0.712 bits per heavy atom. The molecule has 5 aromatic heterocycles. The Kier molecular flexibility index (Phi) is 11.5. The molecule has 4 aromatic carbocycles. The second kappa shape index (κ2) is 17.5. The van der Waals surface area contributed by atoms with Crippen molar-refractivity contribution < 1.29 is 31.9 Å². The molecule has 20 heteroatoms. The van der Waals surface area contributed by atoms with E-state index < -0.39 is 29.2 Å². The Bertz CT molecular complexity index is 3360. The summed E-state index contributed by atoms with van der Waals surface area (Å²) in [4.78, 5) is 41.3. The number of aryl methyl sites for hydroxylation is 2. The van der Waals surface area contributed by atoms with E-state index in [1.807, 2.05) is 30.6 Å². The number of pyridine rings is 2. The summed E-state index contributed by atoms with van der Waals surface area (Å²) in [6.45, 7) is 0.125. The lowest BCUT2D eigenvalue weighted by atomic mass is 9.99. The van der Waals surface area contributed by atoms with Crippen molar-refractivity contribution >= 4 is 57.3 Å². The highest BCUT2D eigenvalue weighted by Gasteiger charge is 2.33. The fraction of sp³-hybridized carbons (Fsp3) is 0.130. The van der Waals surface area contributed by atoms with Gasteiger partial charge in [-0.15, -0.1) is 10.2 Å². The molecule has 2 aliphatic rings. The van der Waals surface area contributed by atoms with E-state index >= 15 is 8.78 Å². The molecule has 0 radical (unpaired) electrons. The molecule has 11 rings (SSSR count). The first-order valence-electron chi connectivity index (χ1n) is 20.1. The van der Waals surface area contributed by atoms with Crippen LogP contribution < -0.4 is 11.3 Å². The summed E-state index contributed by atoms with van der Waals surface area (Å²) >= 11 is 5.86. The highest BCUT2D eigenvalue weighted by atomic mass is 35.5. The number of carbonyl (C=O) groups is 3. The first kappa shape index (κ1) is 43.2. The molecule has 0 saturated carbocycles. The predicted octanol–water partition coefficient (Wildman–Crippen LogP) is 7.05. The third-order valence-corrected chi connectivity index (χ3v) is 11.4. The SMILES string of the molecule is Cn1cc2c(-c3cc(F)c(CN4Cc5ccc(Cl)nc5C4=O)c(F)c3)cccc2n1.Cn1cc2c(-c3cc(F)c(CN4Cc5ccc6nncn6c5C4=O)c(F)c3)cccc2n1.NNC=O. The van der Waals surface area contributed by atoms with Crippen LogP contribution in [0.25, 0.3) is 49.7 Å². The highest BCUT2D eigenvalue weighted by molar-refractivity contribution is 6.29. The van der Waals surface area contributed by atoms with Crippen molar-refractivity contribution in [2.75, 3.05) is 0 Å². The zero-order valence-corrected chi connectivity index (χ0v) is 35.6. The molecule has 0 fully saturated rings. The van der Waals surface area contributed by atoms with E-state index in [0.29, 0.717) is 45.6 Å².